The van der Waals surface area contributed by atoms with Crippen molar-refractivity contribution in [3.8, 4) is 0 Å². The fourth-order valence-electron chi connectivity index (χ4n) is 3.25. The zero-order chi connectivity index (χ0) is 15.7. The average Bonchev–Trinajstić information content (AvgIpc) is 2.90. The van der Waals surface area contributed by atoms with Crippen molar-refractivity contribution < 1.29 is 17.7 Å². The van der Waals surface area contributed by atoms with Crippen molar-refractivity contribution >= 4 is 21.8 Å². The Bertz CT molecular complexity index is 668. The van der Waals surface area contributed by atoms with Crippen LogP contribution in [0.25, 0.3) is 0 Å². The number of rotatable bonds is 3. The molecule has 0 radical (unpaired) electrons. The highest BCUT2D eigenvalue weighted by atomic mass is 32.2. The van der Waals surface area contributed by atoms with Crippen LogP contribution in [0.3, 0.4) is 0 Å². The molecule has 2 heterocycles. The van der Waals surface area contributed by atoms with E-state index in [0.29, 0.717) is 18.8 Å². The second-order valence-electron chi connectivity index (χ2n) is 6.02. The maximum absolute atomic E-state index is 12.5. The number of aryl methyl sites for hydroxylation is 1. The molecule has 22 heavy (non-hydrogen) atoms. The lowest BCUT2D eigenvalue weighted by atomic mass is 9.97. The molecule has 1 amide bonds. The Morgan fingerprint density at radius 3 is 2.82 bits per heavy atom. The third kappa shape index (κ3) is 3.03. The molecule has 122 valence electrons. The van der Waals surface area contributed by atoms with Crippen LogP contribution in [0, 0.1) is 0 Å². The van der Waals surface area contributed by atoms with Gasteiger partial charge in [-0.15, -0.1) is 0 Å². The molecule has 8 heteroatoms. The highest BCUT2D eigenvalue weighted by Crippen LogP contribution is 2.28. The SMILES string of the molecule is CS(=O)(=O)N1CCCCC1C(=O)Nc1onc2c1CCCC2. The number of hydrogen-bond donors (Lipinski definition) is 1. The van der Waals surface area contributed by atoms with E-state index in [4.69, 9.17) is 4.52 Å². The van der Waals surface area contributed by atoms with E-state index < -0.39 is 16.1 Å². The number of piperidine rings is 1. The molecule has 1 aromatic heterocycles. The van der Waals surface area contributed by atoms with Crippen LogP contribution in [0.2, 0.25) is 0 Å². The second-order valence-corrected chi connectivity index (χ2v) is 7.95. The monoisotopic (exact) mass is 327 g/mol. The van der Waals surface area contributed by atoms with Gasteiger partial charge in [-0.3, -0.25) is 10.1 Å². The molecule has 0 bridgehead atoms. The molecule has 1 atom stereocenters. The summed E-state index contributed by atoms with van der Waals surface area (Å²) in [4.78, 5) is 12.5. The number of hydrogen-bond acceptors (Lipinski definition) is 5. The standard InChI is InChI=1S/C14H21N3O4S/c1-22(19,20)17-9-5-4-8-12(17)13(18)15-14-10-6-2-3-7-11(10)16-21-14/h12H,2-9H2,1H3,(H,15,18). The first-order chi connectivity index (χ1) is 10.5. The van der Waals surface area contributed by atoms with Gasteiger partial charge in [0, 0.05) is 12.1 Å². The van der Waals surface area contributed by atoms with Gasteiger partial charge in [-0.25, -0.2) is 8.42 Å². The van der Waals surface area contributed by atoms with E-state index in [9.17, 15) is 13.2 Å². The van der Waals surface area contributed by atoms with Crippen LogP contribution < -0.4 is 5.32 Å². The van der Waals surface area contributed by atoms with Crippen molar-refractivity contribution in [3.05, 3.63) is 11.3 Å². The normalized spacial score (nSPS) is 23.0. The molecule has 0 spiro atoms. The summed E-state index contributed by atoms with van der Waals surface area (Å²) < 4.78 is 30.2. The van der Waals surface area contributed by atoms with Gasteiger partial charge in [-0.2, -0.15) is 4.31 Å². The van der Waals surface area contributed by atoms with E-state index in [0.717, 1.165) is 56.0 Å². The van der Waals surface area contributed by atoms with Crippen LogP contribution in [0.5, 0.6) is 0 Å². The Labute approximate surface area is 130 Å². The molecule has 1 aliphatic heterocycles. The Hall–Kier alpha value is -1.41. The average molecular weight is 327 g/mol. The Morgan fingerprint density at radius 1 is 1.27 bits per heavy atom. The summed E-state index contributed by atoms with van der Waals surface area (Å²) in [7, 11) is -3.39. The van der Waals surface area contributed by atoms with Gasteiger partial charge in [0.05, 0.1) is 11.9 Å². The summed E-state index contributed by atoms with van der Waals surface area (Å²) in [5.74, 6) is 0.0633. The van der Waals surface area contributed by atoms with Crippen LogP contribution in [0.15, 0.2) is 4.52 Å². The predicted molar refractivity (Wildman–Crippen MR) is 81.0 cm³/mol. The van der Waals surface area contributed by atoms with Crippen LogP contribution >= 0.6 is 0 Å². The molecule has 7 nitrogen and oxygen atoms in total. The first-order valence-corrected chi connectivity index (χ1v) is 9.57. The first-order valence-electron chi connectivity index (χ1n) is 7.72. The molecule has 0 saturated carbocycles. The lowest BCUT2D eigenvalue weighted by molar-refractivity contribution is -0.120. The van der Waals surface area contributed by atoms with Crippen molar-refractivity contribution in [1.82, 2.24) is 9.46 Å². The fourth-order valence-corrected chi connectivity index (χ4v) is 4.37. The number of nitrogens with zero attached hydrogens (tertiary/aromatic N) is 2. The third-order valence-electron chi connectivity index (χ3n) is 4.38. The van der Waals surface area contributed by atoms with Crippen molar-refractivity contribution in [3.63, 3.8) is 0 Å². The van der Waals surface area contributed by atoms with E-state index in [-0.39, 0.29) is 5.91 Å². The molecule has 1 N–H and O–H groups in total. The highest BCUT2D eigenvalue weighted by Gasteiger charge is 2.35. The number of fused-ring (bicyclic) bond motifs is 1. The minimum atomic E-state index is -3.39. The summed E-state index contributed by atoms with van der Waals surface area (Å²) in [6.07, 6.45) is 7.16. The van der Waals surface area contributed by atoms with Gasteiger partial charge in [-0.05, 0) is 38.5 Å². The molecule has 0 aromatic carbocycles. The number of aromatic nitrogens is 1. The van der Waals surface area contributed by atoms with Gasteiger partial charge >= 0.3 is 0 Å². The van der Waals surface area contributed by atoms with Crippen molar-refractivity contribution in [2.24, 2.45) is 0 Å². The van der Waals surface area contributed by atoms with Gasteiger partial charge in [-0.1, -0.05) is 11.6 Å². The topological polar surface area (TPSA) is 92.5 Å². The largest absolute Gasteiger partial charge is 0.338 e. The predicted octanol–water partition coefficient (Wildman–Crippen LogP) is 1.31. The molecular weight excluding hydrogens is 306 g/mol. The number of carbonyl (C=O) groups is 1. The maximum atomic E-state index is 12.5. The second kappa shape index (κ2) is 6.00. The van der Waals surface area contributed by atoms with Gasteiger partial charge in [0.25, 0.3) is 0 Å². The molecule has 1 unspecified atom stereocenters. The summed E-state index contributed by atoms with van der Waals surface area (Å²) in [6, 6.07) is -0.659. The van der Waals surface area contributed by atoms with Crippen LogP contribution in [-0.4, -0.2) is 42.6 Å². The fraction of sp³-hybridized carbons (Fsp3) is 0.714. The molecule has 1 aromatic rings. The molecule has 3 rings (SSSR count). The third-order valence-corrected chi connectivity index (χ3v) is 5.67. The zero-order valence-electron chi connectivity index (χ0n) is 12.7. The zero-order valence-corrected chi connectivity index (χ0v) is 13.5. The molecule has 1 fully saturated rings. The molecular formula is C14H21N3O4S. The van der Waals surface area contributed by atoms with E-state index in [2.05, 4.69) is 10.5 Å². The Kier molecular flexibility index (Phi) is 4.22. The maximum Gasteiger partial charge on any atom is 0.245 e. The number of amides is 1. The van der Waals surface area contributed by atoms with E-state index in [1.807, 2.05) is 0 Å². The van der Waals surface area contributed by atoms with Crippen molar-refractivity contribution in [2.45, 2.75) is 51.0 Å². The molecule has 1 aliphatic carbocycles. The lowest BCUT2D eigenvalue weighted by Crippen LogP contribution is -2.49. The number of sulfonamides is 1. The minimum absolute atomic E-state index is 0.324. The molecule has 1 saturated heterocycles. The summed E-state index contributed by atoms with van der Waals surface area (Å²) in [6.45, 7) is 0.394. The Morgan fingerprint density at radius 2 is 2.05 bits per heavy atom. The summed E-state index contributed by atoms with van der Waals surface area (Å²) in [5.41, 5.74) is 1.87. The van der Waals surface area contributed by atoms with E-state index in [1.165, 1.54) is 4.31 Å². The van der Waals surface area contributed by atoms with Gasteiger partial charge < -0.3 is 4.52 Å². The lowest BCUT2D eigenvalue weighted by Gasteiger charge is -2.32. The van der Waals surface area contributed by atoms with Gasteiger partial charge in [0.2, 0.25) is 21.8 Å². The number of nitrogens with one attached hydrogen (secondary N) is 1. The van der Waals surface area contributed by atoms with E-state index in [1.54, 1.807) is 0 Å². The number of carbonyl (C=O) groups excluding carboxylic acids is 1. The minimum Gasteiger partial charge on any atom is -0.338 e. The van der Waals surface area contributed by atoms with Crippen molar-refractivity contribution in [2.75, 3.05) is 18.1 Å². The van der Waals surface area contributed by atoms with Gasteiger partial charge in [0.1, 0.15) is 6.04 Å². The molecule has 2 aliphatic rings. The quantitative estimate of drug-likeness (QED) is 0.903. The number of anilines is 1. The summed E-state index contributed by atoms with van der Waals surface area (Å²) in [5, 5.41) is 6.75. The van der Waals surface area contributed by atoms with E-state index >= 15 is 0 Å². The Balaban J connectivity index is 1.77. The van der Waals surface area contributed by atoms with Crippen molar-refractivity contribution in [1.29, 1.82) is 0 Å². The smallest absolute Gasteiger partial charge is 0.245 e. The van der Waals surface area contributed by atoms with Crippen LogP contribution in [0.4, 0.5) is 5.88 Å². The van der Waals surface area contributed by atoms with Crippen LogP contribution in [0.1, 0.15) is 43.4 Å². The van der Waals surface area contributed by atoms with Crippen LogP contribution in [-0.2, 0) is 27.7 Å². The highest BCUT2D eigenvalue weighted by molar-refractivity contribution is 7.88. The summed E-state index contributed by atoms with van der Waals surface area (Å²) >= 11 is 0. The first kappa shape index (κ1) is 15.5. The van der Waals surface area contributed by atoms with Gasteiger partial charge in [0.15, 0.2) is 0 Å².